The van der Waals surface area contributed by atoms with Crippen molar-refractivity contribution >= 4 is 23.6 Å². The average molecular weight is 799 g/mol. The third kappa shape index (κ3) is 7.04. The van der Waals surface area contributed by atoms with Gasteiger partial charge in [0.25, 0.3) is 5.91 Å². The molecule has 0 saturated heterocycles. The third-order valence-corrected chi connectivity index (χ3v) is 8.51. The average Bonchev–Trinajstić information content (AvgIpc) is 3.65. The van der Waals surface area contributed by atoms with Crippen LogP contribution in [0.15, 0.2) is 36.5 Å². The van der Waals surface area contributed by atoms with Crippen LogP contribution in [0.3, 0.4) is 0 Å². The number of thioether (sulfide) groups is 1. The van der Waals surface area contributed by atoms with Crippen LogP contribution in [0, 0.1) is 19.3 Å². The first-order chi connectivity index (χ1) is 17.4. The van der Waals surface area contributed by atoms with E-state index in [1.807, 2.05) is 38.1 Å². The quantitative estimate of drug-likeness (QED) is 0.320. The largest absolute Gasteiger partial charge is 0.395 e. The molecule has 3 rings (SSSR count). The molecule has 11 heteroatoms. The van der Waals surface area contributed by atoms with Crippen LogP contribution in [0.25, 0.3) is 0 Å². The molecule has 6 nitrogen and oxygen atoms in total. The van der Waals surface area contributed by atoms with E-state index in [4.69, 9.17) is 0 Å². The summed E-state index contributed by atoms with van der Waals surface area (Å²) in [4.78, 5) is 30.9. The van der Waals surface area contributed by atoms with Gasteiger partial charge in [-0.25, -0.2) is 0 Å². The Morgan fingerprint density at radius 2 is 1.84 bits per heavy atom. The summed E-state index contributed by atoms with van der Waals surface area (Å²) in [6, 6.07) is 8.89. The Morgan fingerprint density at radius 3 is 2.34 bits per heavy atom. The van der Waals surface area contributed by atoms with Gasteiger partial charge in [0.1, 0.15) is 0 Å². The molecule has 2 aromatic rings. The number of likely N-dealkylation sites (N-methyl/N-ethyl adjacent to an activating group) is 1. The van der Waals surface area contributed by atoms with Gasteiger partial charge in [0.05, 0.1) is 10.8 Å². The van der Waals surface area contributed by atoms with E-state index in [-0.39, 0.29) is 30.5 Å². The Hall–Kier alpha value is -3.59. The number of hydrogen-bond donors (Lipinski definition) is 2. The molecule has 1 aliphatic rings. The minimum Gasteiger partial charge on any atom is -0.355 e. The first-order valence-corrected chi connectivity index (χ1v) is 13.3. The number of aryl methyl sites for hydroxylation is 2. The molecule has 2 amide bonds. The molecule has 0 unspecified atom stereocenters. The summed E-state index contributed by atoms with van der Waals surface area (Å²) < 4.78 is 41.9. The number of amides is 2. The second-order valence-electron chi connectivity index (χ2n) is 9.90. The van der Waals surface area contributed by atoms with Crippen LogP contribution >= 0.6 is 11.8 Å². The van der Waals surface area contributed by atoms with Crippen molar-refractivity contribution in [2.45, 2.75) is 56.3 Å². The molecule has 1 aliphatic carbocycles. The first kappa shape index (κ1) is 30.6. The van der Waals surface area contributed by atoms with Crippen molar-refractivity contribution in [1.82, 2.24) is 20.5 Å². The normalized spacial score (nSPS) is 15.8. The molecule has 1 fully saturated rings. The Kier molecular flexibility index (Phi) is 9.92. The number of carbonyl (C=O) groups is 2. The van der Waals surface area contributed by atoms with Gasteiger partial charge in [0.2, 0.25) is 5.91 Å². The number of alkyl halides is 3. The summed E-state index contributed by atoms with van der Waals surface area (Å²) in [5.41, 5.74) is 1.96. The van der Waals surface area contributed by atoms with E-state index in [1.165, 1.54) is 6.20 Å². The predicted octanol–water partition coefficient (Wildman–Crippen LogP) is 4.81. The standard InChI is InChI=1S/C27H35F3N4O2S.Lr/c1-17-12-19(25(36)31-3)8-9-21(17)16-37-24(34(4)5)15-33-23(35)13-22(20-7-6-18(2)32-14-20)26(10-11-26)27(28,29)30;/h6-9,12,14,22,24H,10-11,13,15-16H2,1-5H3,(H,31,36)(H,33,35);/t22-,24+;/m1./s1. The van der Waals surface area contributed by atoms with Gasteiger partial charge in [-0.1, -0.05) is 12.1 Å². The minimum atomic E-state index is -4.38. The molecule has 217 valence electrons. The molecule has 1 heterocycles. The zero-order valence-corrected chi connectivity index (χ0v) is 25.1. The van der Waals surface area contributed by atoms with Crippen LogP contribution in [0.5, 0.6) is 0 Å². The van der Waals surface area contributed by atoms with E-state index in [9.17, 15) is 22.8 Å². The fourth-order valence-corrected chi connectivity index (χ4v) is 5.66. The van der Waals surface area contributed by atoms with Crippen LogP contribution in [0.4, 0.5) is 13.2 Å². The number of carbonyl (C=O) groups excluding carboxylic acids is 2. The van der Waals surface area contributed by atoms with Gasteiger partial charge < -0.3 is 10.6 Å². The monoisotopic (exact) mass is 798 g/mol. The SMILES string of the molecule is CNC(=O)c1ccc(CS[C@@H](CNC(=O)C[C@H](c2ccc(C)nc2)C2(C(F)(F)F)CC2)N(C)C)c(C)c1.[Lr]. The van der Waals surface area contributed by atoms with E-state index in [0.717, 1.165) is 11.1 Å². The van der Waals surface area contributed by atoms with Gasteiger partial charge in [-0.2, -0.15) is 13.2 Å². The van der Waals surface area contributed by atoms with Crippen molar-refractivity contribution in [3.63, 3.8) is 0 Å². The molecule has 0 bridgehead atoms. The van der Waals surface area contributed by atoms with Crippen molar-refractivity contribution in [1.29, 1.82) is 0 Å². The topological polar surface area (TPSA) is 74.3 Å². The maximum absolute atomic E-state index is 14.0. The third-order valence-electron chi connectivity index (χ3n) is 7.06. The van der Waals surface area contributed by atoms with Crippen molar-refractivity contribution in [3.05, 3.63) is 64.5 Å². The Balaban J connectivity index is 0.00000507. The molecule has 0 spiro atoms. The van der Waals surface area contributed by atoms with Crippen molar-refractivity contribution in [2.24, 2.45) is 5.41 Å². The van der Waals surface area contributed by atoms with E-state index in [0.29, 0.717) is 29.1 Å². The van der Waals surface area contributed by atoms with E-state index in [1.54, 1.807) is 43.9 Å². The van der Waals surface area contributed by atoms with Gasteiger partial charge in [-0.15, -0.1) is 11.8 Å². The number of aromatic nitrogens is 1. The minimum absolute atomic E-state index is 0. The molecular weight excluding hydrogens is 763 g/mol. The molecule has 1 radical (unpaired) electrons. The molecule has 2 atom stereocenters. The van der Waals surface area contributed by atoms with Gasteiger partial charge in [-0.05, 0) is 75.7 Å². The number of pyridine rings is 1. The summed E-state index contributed by atoms with van der Waals surface area (Å²) >= 11 is 1.62. The summed E-state index contributed by atoms with van der Waals surface area (Å²) in [7, 11) is 5.38. The van der Waals surface area contributed by atoms with Crippen molar-refractivity contribution in [2.75, 3.05) is 27.7 Å². The summed E-state index contributed by atoms with van der Waals surface area (Å²) in [5, 5.41) is 5.39. The molecule has 0 aliphatic heterocycles. The maximum atomic E-state index is 14.0. The zero-order chi connectivity index (χ0) is 27.4. The first-order valence-electron chi connectivity index (χ1n) is 12.2. The summed E-state index contributed by atoms with van der Waals surface area (Å²) in [6.45, 7) is 4.02. The predicted molar refractivity (Wildman–Crippen MR) is 140 cm³/mol. The van der Waals surface area contributed by atoms with Gasteiger partial charge in [-0.3, -0.25) is 19.5 Å². The number of halogens is 3. The smallest absolute Gasteiger partial charge is 0.355 e. The Morgan fingerprint density at radius 1 is 1.16 bits per heavy atom. The molecule has 1 aromatic carbocycles. The van der Waals surface area contributed by atoms with E-state index in [2.05, 4.69) is 15.6 Å². The Labute approximate surface area is 220 Å². The van der Waals surface area contributed by atoms with Crippen molar-refractivity contribution in [3.8, 4) is 0 Å². The van der Waals surface area contributed by atoms with Crippen LogP contribution in [-0.2, 0) is 10.5 Å². The number of rotatable bonds is 11. The number of benzene rings is 1. The molecule has 38 heavy (non-hydrogen) atoms. The fraction of sp³-hybridized carbons (Fsp3) is 0.519. The zero-order valence-electron chi connectivity index (χ0n) is 22.2. The van der Waals surface area contributed by atoms with Gasteiger partial charge >= 0.3 is 6.18 Å². The van der Waals surface area contributed by atoms with Crippen LogP contribution in [-0.4, -0.2) is 60.9 Å². The molecule has 1 aromatic heterocycles. The van der Waals surface area contributed by atoms with Crippen LogP contribution in [0.2, 0.25) is 0 Å². The second kappa shape index (κ2) is 12.3. The fourth-order valence-electron chi connectivity index (χ4n) is 4.46. The van der Waals surface area contributed by atoms with Gasteiger partial charge in [0.15, 0.2) is 0 Å². The van der Waals surface area contributed by atoms with Crippen LogP contribution < -0.4 is 10.6 Å². The number of nitrogens with zero attached hydrogens (tertiary/aromatic N) is 2. The molecular formula is C27H35F3LrN4O2S. The molecule has 2 N–H and O–H groups in total. The number of nitrogens with one attached hydrogen (secondary N) is 2. The summed E-state index contributed by atoms with van der Waals surface area (Å²) in [6.07, 6.45) is -3.10. The second-order valence-corrected chi connectivity index (χ2v) is 11.1. The van der Waals surface area contributed by atoms with Gasteiger partial charge in [0, 0.05) is 49.1 Å². The maximum Gasteiger partial charge on any atom is 0.395 e. The van der Waals surface area contributed by atoms with E-state index >= 15 is 0 Å². The van der Waals surface area contributed by atoms with Crippen molar-refractivity contribution < 1.29 is 22.8 Å². The number of hydrogen-bond acceptors (Lipinski definition) is 5. The summed E-state index contributed by atoms with van der Waals surface area (Å²) in [5.74, 6) is -0.852. The van der Waals surface area contributed by atoms with E-state index < -0.39 is 23.4 Å². The Bertz CT molecular complexity index is 1110. The van der Waals surface area contributed by atoms with Crippen LogP contribution in [0.1, 0.15) is 57.9 Å². The molecule has 1 saturated carbocycles.